The van der Waals surface area contributed by atoms with E-state index in [4.69, 9.17) is 0 Å². The van der Waals surface area contributed by atoms with Crippen molar-refractivity contribution in [1.82, 2.24) is 0 Å². The molecular weight excluding hydrogens is 140 g/mol. The van der Waals surface area contributed by atoms with Crippen LogP contribution in [-0.2, 0) is 4.79 Å². The summed E-state index contributed by atoms with van der Waals surface area (Å²) in [6, 6.07) is 0. The highest BCUT2D eigenvalue weighted by atomic mass is 16.3. The molecular formula is C9H16O2. The lowest BCUT2D eigenvalue weighted by Gasteiger charge is -2.08. The molecule has 0 saturated carbocycles. The predicted octanol–water partition coefficient (Wildman–Crippen LogP) is 1.68. The van der Waals surface area contributed by atoms with Crippen LogP contribution in [0.15, 0.2) is 11.1 Å². The summed E-state index contributed by atoms with van der Waals surface area (Å²) in [5, 5.41) is 9.22. The summed E-state index contributed by atoms with van der Waals surface area (Å²) >= 11 is 0. The van der Waals surface area contributed by atoms with E-state index in [1.54, 1.807) is 6.92 Å². The molecule has 0 aromatic carbocycles. The molecule has 0 amide bonds. The summed E-state index contributed by atoms with van der Waals surface area (Å²) in [6.07, 6.45) is 1.88. The van der Waals surface area contributed by atoms with Crippen molar-refractivity contribution in [2.75, 3.05) is 0 Å². The third-order valence-corrected chi connectivity index (χ3v) is 1.86. The van der Waals surface area contributed by atoms with Crippen LogP contribution in [0.4, 0.5) is 0 Å². The van der Waals surface area contributed by atoms with Crippen LogP contribution in [0.5, 0.6) is 0 Å². The Bertz CT molecular complexity index is 159. The van der Waals surface area contributed by atoms with Crippen LogP contribution in [0.25, 0.3) is 0 Å². The number of aldehydes is 1. The second-order valence-electron chi connectivity index (χ2n) is 2.85. The lowest BCUT2D eigenvalue weighted by atomic mass is 10.0. The molecule has 11 heavy (non-hydrogen) atoms. The first-order valence-electron chi connectivity index (χ1n) is 3.91. The highest BCUT2D eigenvalue weighted by Gasteiger charge is 2.03. The van der Waals surface area contributed by atoms with E-state index in [1.165, 1.54) is 0 Å². The van der Waals surface area contributed by atoms with Gasteiger partial charge in [-0.05, 0) is 32.3 Å². The van der Waals surface area contributed by atoms with E-state index in [1.807, 2.05) is 13.8 Å². The molecule has 1 N–H and O–H groups in total. The van der Waals surface area contributed by atoms with Gasteiger partial charge in [-0.25, -0.2) is 0 Å². The summed E-state index contributed by atoms with van der Waals surface area (Å²) in [6.45, 7) is 5.57. The minimum atomic E-state index is -0.301. The molecule has 1 unspecified atom stereocenters. The highest BCUT2D eigenvalue weighted by Crippen LogP contribution is 2.10. The van der Waals surface area contributed by atoms with Gasteiger partial charge in [0.25, 0.3) is 0 Å². The first-order valence-corrected chi connectivity index (χ1v) is 3.91. The lowest BCUT2D eigenvalue weighted by Crippen LogP contribution is -2.05. The largest absolute Gasteiger partial charge is 0.393 e. The van der Waals surface area contributed by atoms with Crippen LogP contribution in [0.1, 0.15) is 33.6 Å². The zero-order valence-corrected chi connectivity index (χ0v) is 7.42. The maximum Gasteiger partial charge on any atom is 0.145 e. The number of carbonyl (C=O) groups excluding carboxylic acids is 1. The second-order valence-corrected chi connectivity index (χ2v) is 2.85. The Morgan fingerprint density at radius 2 is 2.09 bits per heavy atom. The second kappa shape index (κ2) is 5.08. The molecule has 2 nitrogen and oxygen atoms in total. The number of hydrogen-bond acceptors (Lipinski definition) is 2. The Morgan fingerprint density at radius 1 is 1.55 bits per heavy atom. The fourth-order valence-electron chi connectivity index (χ4n) is 0.759. The van der Waals surface area contributed by atoms with E-state index < -0.39 is 0 Å². The lowest BCUT2D eigenvalue weighted by molar-refractivity contribution is -0.104. The fourth-order valence-corrected chi connectivity index (χ4v) is 0.759. The molecule has 0 aromatic rings. The number of aliphatic hydroxyl groups is 1. The normalized spacial score (nSPS) is 15.6. The SMILES string of the molecule is CCC(O)CC(C)=C(C)C=O. The van der Waals surface area contributed by atoms with Gasteiger partial charge in [0.05, 0.1) is 6.10 Å². The average Bonchev–Trinajstić information content (AvgIpc) is 2.02. The zero-order chi connectivity index (χ0) is 8.85. The molecule has 0 aliphatic carbocycles. The minimum absolute atomic E-state index is 0.301. The van der Waals surface area contributed by atoms with Gasteiger partial charge in [-0.3, -0.25) is 4.79 Å². The van der Waals surface area contributed by atoms with E-state index in [0.717, 1.165) is 23.9 Å². The van der Waals surface area contributed by atoms with E-state index in [9.17, 15) is 9.90 Å². The van der Waals surface area contributed by atoms with Gasteiger partial charge in [0.15, 0.2) is 0 Å². The molecule has 0 heterocycles. The minimum Gasteiger partial charge on any atom is -0.393 e. The van der Waals surface area contributed by atoms with Crippen molar-refractivity contribution in [3.05, 3.63) is 11.1 Å². The molecule has 1 atom stereocenters. The smallest absolute Gasteiger partial charge is 0.145 e. The van der Waals surface area contributed by atoms with Crippen molar-refractivity contribution in [3.63, 3.8) is 0 Å². The molecule has 0 aromatic heterocycles. The predicted molar refractivity (Wildman–Crippen MR) is 45.4 cm³/mol. The fraction of sp³-hybridized carbons (Fsp3) is 0.667. The molecule has 0 aliphatic rings. The summed E-state index contributed by atoms with van der Waals surface area (Å²) in [5.41, 5.74) is 1.71. The molecule has 0 aliphatic heterocycles. The first-order chi connectivity index (χ1) is 5.11. The van der Waals surface area contributed by atoms with Gasteiger partial charge in [0.2, 0.25) is 0 Å². The number of carbonyl (C=O) groups is 1. The van der Waals surface area contributed by atoms with Crippen LogP contribution in [0.2, 0.25) is 0 Å². The molecule has 64 valence electrons. The van der Waals surface area contributed by atoms with Crippen LogP contribution >= 0.6 is 0 Å². The van der Waals surface area contributed by atoms with E-state index >= 15 is 0 Å². The molecule has 0 spiro atoms. The summed E-state index contributed by atoms with van der Waals surface area (Å²) < 4.78 is 0. The summed E-state index contributed by atoms with van der Waals surface area (Å²) in [4.78, 5) is 10.3. The maximum absolute atomic E-state index is 10.3. The maximum atomic E-state index is 10.3. The zero-order valence-electron chi connectivity index (χ0n) is 7.42. The Labute approximate surface area is 67.9 Å². The first kappa shape index (κ1) is 10.4. The molecule has 0 fully saturated rings. The Morgan fingerprint density at radius 3 is 2.45 bits per heavy atom. The standard InChI is InChI=1S/C9H16O2/c1-4-9(11)5-7(2)8(3)6-10/h6,9,11H,4-5H2,1-3H3. The van der Waals surface area contributed by atoms with Crippen LogP contribution in [-0.4, -0.2) is 17.5 Å². The van der Waals surface area contributed by atoms with Crippen molar-refractivity contribution in [2.24, 2.45) is 0 Å². The Kier molecular flexibility index (Phi) is 4.79. The van der Waals surface area contributed by atoms with Crippen molar-refractivity contribution in [3.8, 4) is 0 Å². The number of rotatable bonds is 4. The van der Waals surface area contributed by atoms with Crippen molar-refractivity contribution in [2.45, 2.75) is 39.7 Å². The monoisotopic (exact) mass is 156 g/mol. The molecule has 0 bridgehead atoms. The van der Waals surface area contributed by atoms with E-state index in [2.05, 4.69) is 0 Å². The number of hydrogen-bond donors (Lipinski definition) is 1. The van der Waals surface area contributed by atoms with Crippen LogP contribution < -0.4 is 0 Å². The van der Waals surface area contributed by atoms with Gasteiger partial charge >= 0.3 is 0 Å². The van der Waals surface area contributed by atoms with Gasteiger partial charge < -0.3 is 5.11 Å². The molecule has 0 rings (SSSR count). The third-order valence-electron chi connectivity index (χ3n) is 1.86. The van der Waals surface area contributed by atoms with Crippen molar-refractivity contribution in [1.29, 1.82) is 0 Å². The van der Waals surface area contributed by atoms with Crippen molar-refractivity contribution >= 4 is 6.29 Å². The Balaban J connectivity index is 4.04. The van der Waals surface area contributed by atoms with E-state index in [0.29, 0.717) is 6.42 Å². The van der Waals surface area contributed by atoms with Crippen LogP contribution in [0.3, 0.4) is 0 Å². The third kappa shape index (κ3) is 3.94. The highest BCUT2D eigenvalue weighted by molar-refractivity contribution is 5.73. The average molecular weight is 156 g/mol. The number of aliphatic hydroxyl groups excluding tert-OH is 1. The van der Waals surface area contributed by atoms with Gasteiger partial charge in [-0.1, -0.05) is 12.5 Å². The molecule has 2 heteroatoms. The summed E-state index contributed by atoms with van der Waals surface area (Å²) in [7, 11) is 0. The van der Waals surface area contributed by atoms with Gasteiger partial charge in [0, 0.05) is 0 Å². The van der Waals surface area contributed by atoms with Crippen molar-refractivity contribution < 1.29 is 9.90 Å². The quantitative estimate of drug-likeness (QED) is 0.496. The number of allylic oxidation sites excluding steroid dienone is 1. The molecule has 0 radical (unpaired) electrons. The van der Waals surface area contributed by atoms with Gasteiger partial charge in [-0.2, -0.15) is 0 Å². The molecule has 0 saturated heterocycles. The van der Waals surface area contributed by atoms with Crippen LogP contribution in [0, 0.1) is 0 Å². The van der Waals surface area contributed by atoms with Gasteiger partial charge in [-0.15, -0.1) is 0 Å². The van der Waals surface area contributed by atoms with E-state index in [-0.39, 0.29) is 6.10 Å². The Hall–Kier alpha value is -0.630. The topological polar surface area (TPSA) is 37.3 Å². The van der Waals surface area contributed by atoms with Gasteiger partial charge in [0.1, 0.15) is 6.29 Å². The summed E-state index contributed by atoms with van der Waals surface area (Å²) in [5.74, 6) is 0.